The van der Waals surface area contributed by atoms with Crippen molar-refractivity contribution in [2.45, 2.75) is 12.3 Å². The fraction of sp³-hybridized carbons (Fsp3) is 0.136. The van der Waals surface area contributed by atoms with Crippen LogP contribution in [0.25, 0.3) is 11.1 Å². The van der Waals surface area contributed by atoms with Crippen LogP contribution in [-0.2, 0) is 0 Å². The average Bonchev–Trinajstić information content (AvgIpc) is 2.68. The maximum atomic E-state index is 12.7. The summed E-state index contributed by atoms with van der Waals surface area (Å²) >= 11 is 6.51. The number of ketones is 1. The SMILES string of the molecule is C[C@@H](C(=O)c1ccc(-c2ccccc2)cc1)[C@H](Cl)c1ccccc1. The molecule has 0 aromatic heterocycles. The first-order valence-corrected chi connectivity index (χ1v) is 8.49. The van der Waals surface area contributed by atoms with E-state index in [0.717, 1.165) is 16.7 Å². The minimum atomic E-state index is -0.326. The second-order valence-corrected chi connectivity index (χ2v) is 6.38. The number of carbonyl (C=O) groups excluding carboxylic acids is 1. The van der Waals surface area contributed by atoms with Crippen LogP contribution < -0.4 is 0 Å². The summed E-state index contributed by atoms with van der Waals surface area (Å²) in [6.07, 6.45) is 0. The highest BCUT2D eigenvalue weighted by Crippen LogP contribution is 2.31. The van der Waals surface area contributed by atoms with E-state index >= 15 is 0 Å². The summed E-state index contributed by atoms with van der Waals surface area (Å²) in [6, 6.07) is 27.6. The molecule has 0 radical (unpaired) electrons. The number of alkyl halides is 1. The molecule has 3 aromatic carbocycles. The van der Waals surface area contributed by atoms with E-state index in [0.29, 0.717) is 5.56 Å². The summed E-state index contributed by atoms with van der Waals surface area (Å²) in [5.41, 5.74) is 3.92. The molecule has 0 fully saturated rings. The highest BCUT2D eigenvalue weighted by molar-refractivity contribution is 6.23. The van der Waals surface area contributed by atoms with Crippen molar-refractivity contribution in [2.75, 3.05) is 0 Å². The number of hydrogen-bond donors (Lipinski definition) is 0. The van der Waals surface area contributed by atoms with E-state index in [4.69, 9.17) is 11.6 Å². The van der Waals surface area contributed by atoms with Gasteiger partial charge in [-0.05, 0) is 16.7 Å². The van der Waals surface area contributed by atoms with Gasteiger partial charge in [-0.2, -0.15) is 0 Å². The molecule has 0 heterocycles. The molecule has 1 nitrogen and oxygen atoms in total. The molecule has 2 atom stereocenters. The van der Waals surface area contributed by atoms with Crippen molar-refractivity contribution >= 4 is 17.4 Å². The van der Waals surface area contributed by atoms with Gasteiger partial charge in [0.1, 0.15) is 0 Å². The number of halogens is 1. The summed E-state index contributed by atoms with van der Waals surface area (Å²) in [5.74, 6) is -0.213. The molecule has 0 aliphatic carbocycles. The molecule has 3 rings (SSSR count). The van der Waals surface area contributed by atoms with Gasteiger partial charge < -0.3 is 0 Å². The highest BCUT2D eigenvalue weighted by atomic mass is 35.5. The zero-order valence-electron chi connectivity index (χ0n) is 13.5. The molecule has 0 amide bonds. The van der Waals surface area contributed by atoms with Crippen LogP contribution >= 0.6 is 11.6 Å². The lowest BCUT2D eigenvalue weighted by Gasteiger charge is -2.17. The lowest BCUT2D eigenvalue weighted by Crippen LogP contribution is -2.16. The van der Waals surface area contributed by atoms with E-state index < -0.39 is 0 Å². The Labute approximate surface area is 147 Å². The molecule has 0 aliphatic heterocycles. The molecule has 0 saturated carbocycles. The van der Waals surface area contributed by atoms with Crippen molar-refractivity contribution in [1.29, 1.82) is 0 Å². The van der Waals surface area contributed by atoms with Crippen LogP contribution in [0, 0.1) is 5.92 Å². The summed E-state index contributed by atoms with van der Waals surface area (Å²) in [5, 5.41) is -0.326. The Kier molecular flexibility index (Phi) is 5.12. The van der Waals surface area contributed by atoms with Gasteiger partial charge in [-0.1, -0.05) is 91.9 Å². The van der Waals surface area contributed by atoms with E-state index in [9.17, 15) is 4.79 Å². The number of carbonyl (C=O) groups is 1. The summed E-state index contributed by atoms with van der Waals surface area (Å²) < 4.78 is 0. The maximum absolute atomic E-state index is 12.7. The van der Waals surface area contributed by atoms with Crippen molar-refractivity contribution in [3.8, 4) is 11.1 Å². The normalized spacial score (nSPS) is 13.2. The molecule has 0 bridgehead atoms. The number of Topliss-reactive ketones (excluding diaryl/α,β-unsaturated/α-hetero) is 1. The Hall–Kier alpha value is -2.38. The van der Waals surface area contributed by atoms with Crippen LogP contribution in [0.5, 0.6) is 0 Å². The molecule has 0 saturated heterocycles. The van der Waals surface area contributed by atoms with Gasteiger partial charge in [0.25, 0.3) is 0 Å². The fourth-order valence-electron chi connectivity index (χ4n) is 2.78. The van der Waals surface area contributed by atoms with Gasteiger partial charge >= 0.3 is 0 Å². The monoisotopic (exact) mass is 334 g/mol. The van der Waals surface area contributed by atoms with E-state index in [1.54, 1.807) is 0 Å². The summed E-state index contributed by atoms with van der Waals surface area (Å²) in [6.45, 7) is 1.89. The number of rotatable bonds is 5. The highest BCUT2D eigenvalue weighted by Gasteiger charge is 2.24. The van der Waals surface area contributed by atoms with Gasteiger partial charge in [-0.25, -0.2) is 0 Å². The van der Waals surface area contributed by atoms with Crippen molar-refractivity contribution < 1.29 is 4.79 Å². The topological polar surface area (TPSA) is 17.1 Å². The van der Waals surface area contributed by atoms with Crippen LogP contribution in [0.15, 0.2) is 84.9 Å². The molecule has 3 aromatic rings. The van der Waals surface area contributed by atoms with Crippen molar-refractivity contribution in [2.24, 2.45) is 5.92 Å². The Morgan fingerprint density at radius 3 is 1.83 bits per heavy atom. The molecule has 0 N–H and O–H groups in total. The first-order valence-electron chi connectivity index (χ1n) is 8.05. The Balaban J connectivity index is 1.77. The van der Waals surface area contributed by atoms with Crippen molar-refractivity contribution in [3.05, 3.63) is 96.1 Å². The molecule has 24 heavy (non-hydrogen) atoms. The minimum Gasteiger partial charge on any atom is -0.294 e. The van der Waals surface area contributed by atoms with Crippen molar-refractivity contribution in [3.63, 3.8) is 0 Å². The molecule has 0 unspecified atom stereocenters. The van der Waals surface area contributed by atoms with Gasteiger partial charge in [-0.15, -0.1) is 11.6 Å². The summed E-state index contributed by atoms with van der Waals surface area (Å²) in [4.78, 5) is 12.7. The third-order valence-electron chi connectivity index (χ3n) is 4.25. The Morgan fingerprint density at radius 2 is 1.25 bits per heavy atom. The van der Waals surface area contributed by atoms with Crippen LogP contribution in [-0.4, -0.2) is 5.78 Å². The lowest BCUT2D eigenvalue weighted by molar-refractivity contribution is 0.0926. The zero-order valence-corrected chi connectivity index (χ0v) is 14.3. The smallest absolute Gasteiger partial charge is 0.167 e. The van der Waals surface area contributed by atoms with Crippen LogP contribution in [0.4, 0.5) is 0 Å². The molecule has 0 spiro atoms. The fourth-order valence-corrected chi connectivity index (χ4v) is 3.04. The van der Waals surface area contributed by atoms with Crippen LogP contribution in [0.1, 0.15) is 28.2 Å². The predicted octanol–water partition coefficient (Wildman–Crippen LogP) is 6.15. The van der Waals surface area contributed by atoms with Gasteiger partial charge in [0, 0.05) is 11.5 Å². The lowest BCUT2D eigenvalue weighted by atomic mass is 9.91. The van der Waals surface area contributed by atoms with E-state index in [-0.39, 0.29) is 17.1 Å². The van der Waals surface area contributed by atoms with Crippen molar-refractivity contribution in [1.82, 2.24) is 0 Å². The number of hydrogen-bond acceptors (Lipinski definition) is 1. The average molecular weight is 335 g/mol. The van der Waals surface area contributed by atoms with Crippen LogP contribution in [0.3, 0.4) is 0 Å². The first-order chi connectivity index (χ1) is 11.7. The van der Waals surface area contributed by atoms with Gasteiger partial charge in [0.15, 0.2) is 5.78 Å². The largest absolute Gasteiger partial charge is 0.294 e. The quantitative estimate of drug-likeness (QED) is 0.404. The third kappa shape index (κ3) is 3.58. The van der Waals surface area contributed by atoms with E-state index in [1.807, 2.05) is 79.7 Å². The first kappa shape index (κ1) is 16.5. The summed E-state index contributed by atoms with van der Waals surface area (Å²) in [7, 11) is 0. The molecular weight excluding hydrogens is 316 g/mol. The maximum Gasteiger partial charge on any atom is 0.167 e. The second kappa shape index (κ2) is 7.46. The predicted molar refractivity (Wildman–Crippen MR) is 100 cm³/mol. The molecule has 0 aliphatic rings. The van der Waals surface area contributed by atoms with Gasteiger partial charge in [0.2, 0.25) is 0 Å². The van der Waals surface area contributed by atoms with Crippen LogP contribution in [0.2, 0.25) is 0 Å². The third-order valence-corrected chi connectivity index (χ3v) is 4.88. The zero-order chi connectivity index (χ0) is 16.9. The molecule has 120 valence electrons. The Bertz CT molecular complexity index is 794. The van der Waals surface area contributed by atoms with E-state index in [2.05, 4.69) is 12.1 Å². The molecule has 2 heteroatoms. The molecular formula is C22H19ClO. The number of benzene rings is 3. The van der Waals surface area contributed by atoms with E-state index in [1.165, 1.54) is 0 Å². The standard InChI is InChI=1S/C22H19ClO/c1-16(21(23)19-10-6-3-7-11-19)22(24)20-14-12-18(13-15-20)17-8-4-2-5-9-17/h2-16,21H,1H3/t16-,21+/m1/s1. The minimum absolute atomic E-state index is 0.0680. The van der Waals surface area contributed by atoms with Gasteiger partial charge in [-0.3, -0.25) is 4.79 Å². The Morgan fingerprint density at radius 1 is 0.750 bits per heavy atom. The second-order valence-electron chi connectivity index (χ2n) is 5.91. The van der Waals surface area contributed by atoms with Gasteiger partial charge in [0.05, 0.1) is 5.38 Å².